The van der Waals surface area contributed by atoms with Crippen molar-refractivity contribution in [1.82, 2.24) is 9.55 Å². The smallest absolute Gasteiger partial charge is 0.262 e. The maximum Gasteiger partial charge on any atom is 0.262 e. The number of aliphatic imine (C=N–C) groups is 1. The number of aromatic amines is 1. The first-order valence-corrected chi connectivity index (χ1v) is 9.58. The first-order valence-electron chi connectivity index (χ1n) is 9.18. The lowest BCUT2D eigenvalue weighted by Gasteiger charge is -2.13. The van der Waals surface area contributed by atoms with Gasteiger partial charge in [0.25, 0.3) is 5.56 Å². The van der Waals surface area contributed by atoms with Gasteiger partial charge in [0, 0.05) is 16.8 Å². The molecule has 1 aromatic heterocycles. The second-order valence-corrected chi connectivity index (χ2v) is 6.92. The fourth-order valence-electron chi connectivity index (χ4n) is 3.33. The minimum atomic E-state index is -0.459. The normalized spacial score (nSPS) is 14.0. The standard InChI is InChI=1S/C22H19N3O3S/c1-3-28-15-10-8-14(9-11-15)25-21(27)18(20(26)24-22(25)29)12-17-13(2)23-19-7-5-4-6-16(17)19/h4-12,27H,3H2,1-2H3,(H,24,26,29). The van der Waals surface area contributed by atoms with E-state index in [1.54, 1.807) is 30.3 Å². The summed E-state index contributed by atoms with van der Waals surface area (Å²) in [6.07, 6.45) is 1.65. The highest BCUT2D eigenvalue weighted by atomic mass is 32.1. The van der Waals surface area contributed by atoms with Gasteiger partial charge < -0.3 is 9.84 Å². The first-order chi connectivity index (χ1) is 14.0. The van der Waals surface area contributed by atoms with Crippen molar-refractivity contribution in [2.45, 2.75) is 13.8 Å². The summed E-state index contributed by atoms with van der Waals surface area (Å²) in [6, 6.07) is 14.8. The van der Waals surface area contributed by atoms with Crippen LogP contribution in [0.25, 0.3) is 17.3 Å². The maximum absolute atomic E-state index is 12.6. The van der Waals surface area contributed by atoms with E-state index in [-0.39, 0.29) is 16.2 Å². The molecule has 0 saturated carbocycles. The molecule has 0 atom stereocenters. The fraction of sp³-hybridized carbons (Fsp3) is 0.136. The highest BCUT2D eigenvalue weighted by Gasteiger charge is 2.20. The molecule has 2 aromatic carbocycles. The van der Waals surface area contributed by atoms with Gasteiger partial charge in [-0.1, -0.05) is 18.2 Å². The molecular formula is C22H19N3O3S. The monoisotopic (exact) mass is 405 g/mol. The molecule has 2 heterocycles. The molecule has 3 aromatic rings. The van der Waals surface area contributed by atoms with Crippen LogP contribution in [0.1, 0.15) is 25.0 Å². The summed E-state index contributed by atoms with van der Waals surface area (Å²) in [5.41, 5.74) is 3.60. The van der Waals surface area contributed by atoms with Gasteiger partial charge in [0.15, 0.2) is 4.77 Å². The van der Waals surface area contributed by atoms with Crippen LogP contribution in [0.2, 0.25) is 0 Å². The summed E-state index contributed by atoms with van der Waals surface area (Å²) in [4.78, 5) is 19.8. The Bertz CT molecular complexity index is 1270. The second kappa shape index (κ2) is 7.52. The Labute approximate surface area is 172 Å². The molecule has 1 aliphatic rings. The summed E-state index contributed by atoms with van der Waals surface area (Å²) >= 11 is 5.29. The number of hydrogen-bond acceptors (Lipinski definition) is 5. The largest absolute Gasteiger partial charge is 0.494 e. The van der Waals surface area contributed by atoms with Crippen LogP contribution in [0, 0.1) is 4.77 Å². The number of ether oxygens (including phenoxy) is 1. The first kappa shape index (κ1) is 18.9. The summed E-state index contributed by atoms with van der Waals surface area (Å²) in [6.45, 7) is 4.34. The molecule has 7 heteroatoms. The molecule has 0 aliphatic carbocycles. The van der Waals surface area contributed by atoms with Gasteiger partial charge in [-0.3, -0.25) is 19.3 Å². The van der Waals surface area contributed by atoms with E-state index in [4.69, 9.17) is 17.0 Å². The van der Waals surface area contributed by atoms with Crippen LogP contribution in [-0.4, -0.2) is 27.0 Å². The number of fused-ring (bicyclic) bond motifs is 1. The second-order valence-electron chi connectivity index (χ2n) is 6.53. The zero-order chi connectivity index (χ0) is 20.5. The van der Waals surface area contributed by atoms with Crippen LogP contribution in [0.4, 0.5) is 5.69 Å². The third-order valence-electron chi connectivity index (χ3n) is 4.69. The molecule has 146 valence electrons. The molecule has 4 rings (SSSR count). The van der Waals surface area contributed by atoms with E-state index in [1.807, 2.05) is 38.1 Å². The molecular weight excluding hydrogens is 386 g/mol. The SMILES string of the molecule is CCOc1ccc(-n2c(O)c(C=C3C(C)=Nc4ccccc43)c(=O)[nH]c2=S)cc1. The Morgan fingerprint density at radius 3 is 2.66 bits per heavy atom. The number of nitrogens with zero attached hydrogens (tertiary/aromatic N) is 2. The van der Waals surface area contributed by atoms with E-state index in [0.29, 0.717) is 18.0 Å². The summed E-state index contributed by atoms with van der Waals surface area (Å²) in [5.74, 6) is 0.482. The predicted octanol–water partition coefficient (Wildman–Crippen LogP) is 4.65. The third-order valence-corrected chi connectivity index (χ3v) is 4.97. The lowest BCUT2D eigenvalue weighted by atomic mass is 10.0. The van der Waals surface area contributed by atoms with Gasteiger partial charge in [-0.15, -0.1) is 0 Å². The van der Waals surface area contributed by atoms with E-state index >= 15 is 0 Å². The maximum atomic E-state index is 12.6. The van der Waals surface area contributed by atoms with E-state index in [1.165, 1.54) is 4.57 Å². The zero-order valence-electron chi connectivity index (χ0n) is 16.0. The number of rotatable bonds is 4. The van der Waals surface area contributed by atoms with Crippen LogP contribution in [-0.2, 0) is 0 Å². The van der Waals surface area contributed by atoms with Crippen molar-refractivity contribution in [2.24, 2.45) is 4.99 Å². The van der Waals surface area contributed by atoms with Crippen molar-refractivity contribution >= 4 is 35.3 Å². The van der Waals surface area contributed by atoms with E-state index in [9.17, 15) is 9.90 Å². The highest BCUT2D eigenvalue weighted by molar-refractivity contribution is 7.71. The van der Waals surface area contributed by atoms with Gasteiger partial charge in [0.1, 0.15) is 11.3 Å². The molecule has 29 heavy (non-hydrogen) atoms. The van der Waals surface area contributed by atoms with Gasteiger partial charge in [0.05, 0.1) is 18.0 Å². The number of aromatic hydroxyl groups is 1. The van der Waals surface area contributed by atoms with Crippen LogP contribution in [0.3, 0.4) is 0 Å². The van der Waals surface area contributed by atoms with Crippen molar-refractivity contribution in [3.05, 3.63) is 74.8 Å². The Kier molecular flexibility index (Phi) is 4.90. The molecule has 0 saturated heterocycles. The number of hydrogen-bond donors (Lipinski definition) is 2. The average Bonchev–Trinajstić information content (AvgIpc) is 3.01. The Morgan fingerprint density at radius 2 is 1.93 bits per heavy atom. The Morgan fingerprint density at radius 1 is 1.21 bits per heavy atom. The molecule has 0 radical (unpaired) electrons. The number of allylic oxidation sites excluding steroid dienone is 1. The van der Waals surface area contributed by atoms with Crippen molar-refractivity contribution in [1.29, 1.82) is 0 Å². The van der Waals surface area contributed by atoms with E-state index in [2.05, 4.69) is 9.98 Å². The molecule has 0 bridgehead atoms. The quantitative estimate of drug-likeness (QED) is 0.620. The summed E-state index contributed by atoms with van der Waals surface area (Å²) in [7, 11) is 0. The molecule has 0 spiro atoms. The number of para-hydroxylation sites is 1. The fourth-order valence-corrected chi connectivity index (χ4v) is 3.61. The Balaban J connectivity index is 1.87. The molecule has 0 amide bonds. The van der Waals surface area contributed by atoms with E-state index < -0.39 is 5.56 Å². The lowest BCUT2D eigenvalue weighted by Crippen LogP contribution is -2.16. The van der Waals surface area contributed by atoms with Gasteiger partial charge in [-0.05, 0) is 62.5 Å². The molecule has 0 fully saturated rings. The predicted molar refractivity (Wildman–Crippen MR) is 117 cm³/mol. The zero-order valence-corrected chi connectivity index (χ0v) is 16.8. The van der Waals surface area contributed by atoms with Crippen molar-refractivity contribution in [2.75, 3.05) is 6.61 Å². The van der Waals surface area contributed by atoms with Gasteiger partial charge >= 0.3 is 0 Å². The van der Waals surface area contributed by atoms with Gasteiger partial charge in [-0.25, -0.2) is 0 Å². The summed E-state index contributed by atoms with van der Waals surface area (Å²) in [5, 5.41) is 10.9. The van der Waals surface area contributed by atoms with Gasteiger partial charge in [-0.2, -0.15) is 0 Å². The molecule has 2 N–H and O–H groups in total. The van der Waals surface area contributed by atoms with E-state index in [0.717, 1.165) is 22.5 Å². The van der Waals surface area contributed by atoms with Crippen molar-refractivity contribution in [3.63, 3.8) is 0 Å². The number of H-pyrrole nitrogens is 1. The average molecular weight is 405 g/mol. The van der Waals surface area contributed by atoms with Gasteiger partial charge in [0.2, 0.25) is 5.88 Å². The minimum absolute atomic E-state index is 0.107. The molecule has 6 nitrogen and oxygen atoms in total. The van der Waals surface area contributed by atoms with Crippen LogP contribution in [0.15, 0.2) is 58.3 Å². The number of aromatic nitrogens is 2. The van der Waals surface area contributed by atoms with Crippen LogP contribution >= 0.6 is 12.2 Å². The third kappa shape index (κ3) is 3.40. The van der Waals surface area contributed by atoms with Crippen molar-refractivity contribution < 1.29 is 9.84 Å². The Hall–Kier alpha value is -3.45. The van der Waals surface area contributed by atoms with Crippen LogP contribution < -0.4 is 10.3 Å². The molecule has 1 aliphatic heterocycles. The summed E-state index contributed by atoms with van der Waals surface area (Å²) < 4.78 is 6.99. The topological polar surface area (TPSA) is 79.6 Å². The minimum Gasteiger partial charge on any atom is -0.494 e. The van der Waals surface area contributed by atoms with Crippen LogP contribution in [0.5, 0.6) is 11.6 Å². The molecule has 0 unspecified atom stereocenters. The highest BCUT2D eigenvalue weighted by Crippen LogP contribution is 2.36. The number of benzene rings is 2. The van der Waals surface area contributed by atoms with Crippen molar-refractivity contribution in [3.8, 4) is 17.3 Å². The lowest BCUT2D eigenvalue weighted by molar-refractivity contribution is 0.340. The number of nitrogens with one attached hydrogen (secondary N) is 1.